The van der Waals surface area contributed by atoms with Crippen LogP contribution in [0.5, 0.6) is 11.5 Å². The van der Waals surface area contributed by atoms with Crippen LogP contribution in [0.2, 0.25) is 0 Å². The summed E-state index contributed by atoms with van der Waals surface area (Å²) in [6.45, 7) is 2.00. The number of aromatic hydroxyl groups is 2. The molecule has 2 rings (SSSR count). The highest BCUT2D eigenvalue weighted by atomic mass is 31.2. The van der Waals surface area contributed by atoms with E-state index in [0.717, 1.165) is 18.1 Å². The monoisotopic (exact) mass is 322 g/mol. The smallest absolute Gasteiger partial charge is 0.356 e. The third kappa shape index (κ3) is 3.89. The molecule has 4 N–H and O–H groups in total. The summed E-state index contributed by atoms with van der Waals surface area (Å²) in [4.78, 5) is 18.9. The lowest BCUT2D eigenvalue weighted by Crippen LogP contribution is -2.14. The molecule has 2 aromatic carbocycles. The minimum Gasteiger partial charge on any atom is -0.508 e. The molecule has 0 aliphatic rings. The highest BCUT2D eigenvalue weighted by Crippen LogP contribution is 2.37. The predicted octanol–water partition coefficient (Wildman–Crippen LogP) is 2.64. The van der Waals surface area contributed by atoms with Gasteiger partial charge < -0.3 is 20.0 Å². The SMILES string of the molecule is CCC(Cc1ccc(O)cc1P(=O)(O)O)c1ccc(O)cc1. The van der Waals surface area contributed by atoms with E-state index in [1.54, 1.807) is 30.3 Å². The predicted molar refractivity (Wildman–Crippen MR) is 84.6 cm³/mol. The van der Waals surface area contributed by atoms with Gasteiger partial charge in [0.1, 0.15) is 11.5 Å². The molecule has 0 amide bonds. The zero-order chi connectivity index (χ0) is 16.3. The summed E-state index contributed by atoms with van der Waals surface area (Å²) in [7, 11) is -4.45. The molecule has 1 atom stereocenters. The maximum Gasteiger partial charge on any atom is 0.356 e. The van der Waals surface area contributed by atoms with E-state index < -0.39 is 7.60 Å². The number of benzene rings is 2. The number of hydrogen-bond acceptors (Lipinski definition) is 3. The first-order valence-corrected chi connectivity index (χ1v) is 8.59. The summed E-state index contributed by atoms with van der Waals surface area (Å²) in [5.41, 5.74) is 1.51. The third-order valence-corrected chi connectivity index (χ3v) is 4.75. The normalized spacial score (nSPS) is 13.0. The molecule has 118 valence electrons. The van der Waals surface area contributed by atoms with Crippen LogP contribution in [0.15, 0.2) is 42.5 Å². The van der Waals surface area contributed by atoms with Crippen molar-refractivity contribution in [3.8, 4) is 11.5 Å². The van der Waals surface area contributed by atoms with E-state index in [0.29, 0.717) is 12.0 Å². The van der Waals surface area contributed by atoms with Crippen molar-refractivity contribution in [1.29, 1.82) is 0 Å². The summed E-state index contributed by atoms with van der Waals surface area (Å²) in [5.74, 6) is 0.0781. The maximum absolute atomic E-state index is 11.6. The minimum absolute atomic E-state index is 0.0652. The van der Waals surface area contributed by atoms with Crippen molar-refractivity contribution in [2.75, 3.05) is 0 Å². The summed E-state index contributed by atoms with van der Waals surface area (Å²) >= 11 is 0. The molecule has 0 saturated heterocycles. The second kappa shape index (κ2) is 6.53. The van der Waals surface area contributed by atoms with Crippen LogP contribution in [0, 0.1) is 0 Å². The van der Waals surface area contributed by atoms with Crippen molar-refractivity contribution >= 4 is 12.9 Å². The molecule has 22 heavy (non-hydrogen) atoms. The summed E-state index contributed by atoms with van der Waals surface area (Å²) < 4.78 is 11.6. The molecular weight excluding hydrogens is 303 g/mol. The number of phenolic OH excluding ortho intramolecular Hbond substituents is 2. The van der Waals surface area contributed by atoms with E-state index in [1.807, 2.05) is 6.92 Å². The van der Waals surface area contributed by atoms with E-state index in [1.165, 1.54) is 6.07 Å². The van der Waals surface area contributed by atoms with Crippen molar-refractivity contribution < 1.29 is 24.6 Å². The molecule has 0 bridgehead atoms. The van der Waals surface area contributed by atoms with Crippen LogP contribution in [0.4, 0.5) is 0 Å². The molecule has 0 spiro atoms. The van der Waals surface area contributed by atoms with Crippen molar-refractivity contribution in [1.82, 2.24) is 0 Å². The van der Waals surface area contributed by atoms with Gasteiger partial charge in [-0.05, 0) is 54.2 Å². The Bertz CT molecular complexity index is 690. The lowest BCUT2D eigenvalue weighted by Gasteiger charge is -2.18. The van der Waals surface area contributed by atoms with E-state index in [4.69, 9.17) is 0 Å². The molecule has 0 aliphatic carbocycles. The highest BCUT2D eigenvalue weighted by molar-refractivity contribution is 7.60. The van der Waals surface area contributed by atoms with Gasteiger partial charge in [0.2, 0.25) is 0 Å². The average Bonchev–Trinajstić information content (AvgIpc) is 2.46. The molecule has 0 radical (unpaired) electrons. The number of phenols is 2. The zero-order valence-corrected chi connectivity index (χ0v) is 13.1. The zero-order valence-electron chi connectivity index (χ0n) is 12.2. The first-order valence-electron chi connectivity index (χ1n) is 6.98. The Labute approximate surface area is 129 Å². The van der Waals surface area contributed by atoms with Crippen LogP contribution in [0.3, 0.4) is 0 Å². The highest BCUT2D eigenvalue weighted by Gasteiger charge is 2.24. The second-order valence-electron chi connectivity index (χ2n) is 5.26. The van der Waals surface area contributed by atoms with Crippen LogP contribution in [-0.4, -0.2) is 20.0 Å². The van der Waals surface area contributed by atoms with E-state index >= 15 is 0 Å². The fourth-order valence-electron chi connectivity index (χ4n) is 2.51. The van der Waals surface area contributed by atoms with Gasteiger partial charge in [0.25, 0.3) is 0 Å². The van der Waals surface area contributed by atoms with Crippen LogP contribution < -0.4 is 5.30 Å². The van der Waals surface area contributed by atoms with E-state index in [2.05, 4.69) is 0 Å². The van der Waals surface area contributed by atoms with Gasteiger partial charge in [-0.15, -0.1) is 0 Å². The van der Waals surface area contributed by atoms with E-state index in [-0.39, 0.29) is 22.7 Å². The average molecular weight is 322 g/mol. The Hall–Kier alpha value is -1.81. The van der Waals surface area contributed by atoms with Gasteiger partial charge in [0.05, 0.1) is 5.30 Å². The van der Waals surface area contributed by atoms with Gasteiger partial charge in [-0.1, -0.05) is 25.1 Å². The number of hydrogen-bond donors (Lipinski definition) is 4. The van der Waals surface area contributed by atoms with Crippen molar-refractivity contribution in [3.63, 3.8) is 0 Å². The molecule has 0 aliphatic heterocycles. The van der Waals surface area contributed by atoms with Gasteiger partial charge in [0.15, 0.2) is 0 Å². The Morgan fingerprint density at radius 3 is 2.14 bits per heavy atom. The number of rotatable bonds is 5. The molecule has 0 saturated carbocycles. The Morgan fingerprint density at radius 1 is 1.00 bits per heavy atom. The quantitative estimate of drug-likeness (QED) is 0.634. The summed E-state index contributed by atoms with van der Waals surface area (Å²) in [6.07, 6.45) is 1.23. The van der Waals surface area contributed by atoms with Gasteiger partial charge in [-0.3, -0.25) is 4.57 Å². The maximum atomic E-state index is 11.6. The van der Waals surface area contributed by atoms with Crippen molar-refractivity contribution in [2.45, 2.75) is 25.7 Å². The molecule has 2 aromatic rings. The van der Waals surface area contributed by atoms with Crippen LogP contribution in [0.25, 0.3) is 0 Å². The largest absolute Gasteiger partial charge is 0.508 e. The first-order chi connectivity index (χ1) is 10.3. The van der Waals surface area contributed by atoms with Crippen LogP contribution in [-0.2, 0) is 11.0 Å². The second-order valence-corrected chi connectivity index (χ2v) is 6.83. The molecule has 1 unspecified atom stereocenters. The summed E-state index contributed by atoms with van der Waals surface area (Å²) in [5, 5.41) is 18.7. The molecule has 5 nitrogen and oxygen atoms in total. The lowest BCUT2D eigenvalue weighted by molar-refractivity contribution is 0.386. The van der Waals surface area contributed by atoms with Gasteiger partial charge in [0, 0.05) is 0 Å². The fraction of sp³-hybridized carbons (Fsp3) is 0.250. The lowest BCUT2D eigenvalue weighted by atomic mass is 9.90. The first kappa shape index (κ1) is 16.6. The molecule has 0 heterocycles. The van der Waals surface area contributed by atoms with Crippen molar-refractivity contribution in [3.05, 3.63) is 53.6 Å². The third-order valence-electron chi connectivity index (χ3n) is 3.71. The van der Waals surface area contributed by atoms with Crippen LogP contribution in [0.1, 0.15) is 30.4 Å². The fourth-order valence-corrected chi connectivity index (χ4v) is 3.35. The van der Waals surface area contributed by atoms with E-state index in [9.17, 15) is 24.6 Å². The van der Waals surface area contributed by atoms with Crippen LogP contribution >= 0.6 is 7.60 Å². The molecule has 6 heteroatoms. The molecule has 0 fully saturated rings. The van der Waals surface area contributed by atoms with Crippen molar-refractivity contribution in [2.24, 2.45) is 0 Å². The Balaban J connectivity index is 2.36. The standard InChI is InChI=1S/C16H19O5P/c1-2-11(12-3-6-14(17)7-4-12)9-13-5-8-15(18)10-16(13)22(19,20)21/h3-8,10-11,17-18H,2,9H2,1H3,(H2,19,20,21). The summed E-state index contributed by atoms with van der Waals surface area (Å²) in [6, 6.07) is 10.9. The Morgan fingerprint density at radius 2 is 1.59 bits per heavy atom. The van der Waals surface area contributed by atoms with Gasteiger partial charge >= 0.3 is 7.60 Å². The van der Waals surface area contributed by atoms with Gasteiger partial charge in [-0.25, -0.2) is 0 Å². The van der Waals surface area contributed by atoms with Gasteiger partial charge in [-0.2, -0.15) is 0 Å². The molecular formula is C16H19O5P. The topological polar surface area (TPSA) is 98.0 Å². The Kier molecular flexibility index (Phi) is 4.91. The molecule has 0 aromatic heterocycles. The minimum atomic E-state index is -4.45.